The molecule has 4 atom stereocenters. The molecule has 0 rings (SSSR count). The number of rotatable bonds is 5. The first-order valence-corrected chi connectivity index (χ1v) is 5.04. The summed E-state index contributed by atoms with van der Waals surface area (Å²) in [5.41, 5.74) is -1.26. The predicted molar refractivity (Wildman–Crippen MR) is 57.7 cm³/mol. The molecule has 92 valence electrons. The molecule has 0 radical (unpaired) electrons. The van der Waals surface area contributed by atoms with Gasteiger partial charge < -0.3 is 20.4 Å². The van der Waals surface area contributed by atoms with Crippen molar-refractivity contribution in [3.8, 4) is 0 Å². The lowest BCUT2D eigenvalue weighted by atomic mass is 9.87. The summed E-state index contributed by atoms with van der Waals surface area (Å²) in [7, 11) is 3.22. The molecule has 0 aliphatic carbocycles. The minimum Gasteiger partial charge on any atom is -0.394 e. The van der Waals surface area contributed by atoms with E-state index in [1.54, 1.807) is 14.1 Å². The topological polar surface area (TPSA) is 84.2 Å². The predicted octanol–water partition coefficient (Wildman–Crippen LogP) is -1.03. The Morgan fingerprint density at radius 2 is 1.73 bits per heavy atom. The molecule has 0 heterocycles. The number of aliphatic hydroxyl groups excluding tert-OH is 3. The Morgan fingerprint density at radius 1 is 1.33 bits per heavy atom. The number of hydrogen-bond acceptors (Lipinski definition) is 5. The van der Waals surface area contributed by atoms with Gasteiger partial charge in [0.1, 0.15) is 6.10 Å². The SMILES string of the molecule is CC(O)C(O)C(O)(Cl)C(C)(CO)N(C)C. The Labute approximate surface area is 94.9 Å². The Morgan fingerprint density at radius 3 is 1.93 bits per heavy atom. The average Bonchev–Trinajstić information content (AvgIpc) is 2.14. The van der Waals surface area contributed by atoms with Gasteiger partial charge in [0.05, 0.1) is 18.2 Å². The van der Waals surface area contributed by atoms with Crippen molar-refractivity contribution in [2.75, 3.05) is 20.7 Å². The molecule has 4 unspecified atom stereocenters. The van der Waals surface area contributed by atoms with Crippen LogP contribution in [0.1, 0.15) is 13.8 Å². The third-order valence-corrected chi connectivity index (χ3v) is 3.53. The molecule has 0 saturated heterocycles. The molecule has 0 aromatic rings. The van der Waals surface area contributed by atoms with Gasteiger partial charge in [-0.2, -0.15) is 0 Å². The zero-order valence-electron chi connectivity index (χ0n) is 9.48. The molecule has 0 aromatic heterocycles. The van der Waals surface area contributed by atoms with Crippen LogP contribution in [0.25, 0.3) is 0 Å². The van der Waals surface area contributed by atoms with E-state index in [1.807, 2.05) is 0 Å². The molecule has 15 heavy (non-hydrogen) atoms. The van der Waals surface area contributed by atoms with E-state index < -0.39 is 29.4 Å². The zero-order valence-corrected chi connectivity index (χ0v) is 10.2. The van der Waals surface area contributed by atoms with E-state index in [-0.39, 0.29) is 0 Å². The number of halogens is 1. The minimum absolute atomic E-state index is 0.455. The van der Waals surface area contributed by atoms with Gasteiger partial charge in [0.15, 0.2) is 5.06 Å². The molecule has 0 spiro atoms. The highest BCUT2D eigenvalue weighted by Gasteiger charge is 2.53. The molecule has 0 amide bonds. The summed E-state index contributed by atoms with van der Waals surface area (Å²) in [4.78, 5) is 1.49. The molecule has 0 aromatic carbocycles. The van der Waals surface area contributed by atoms with Gasteiger partial charge in [0, 0.05) is 0 Å². The van der Waals surface area contributed by atoms with E-state index in [0.29, 0.717) is 0 Å². The molecular formula is C9H20ClNO4. The van der Waals surface area contributed by atoms with Crippen LogP contribution >= 0.6 is 11.6 Å². The Balaban J connectivity index is 5.13. The monoisotopic (exact) mass is 241 g/mol. The summed E-state index contributed by atoms with van der Waals surface area (Å²) in [6, 6.07) is 0. The molecule has 0 aliphatic heterocycles. The minimum atomic E-state index is -2.14. The van der Waals surface area contributed by atoms with Crippen LogP contribution < -0.4 is 0 Å². The Hall–Kier alpha value is 0.0900. The van der Waals surface area contributed by atoms with Crippen LogP contribution in [0.2, 0.25) is 0 Å². The van der Waals surface area contributed by atoms with Gasteiger partial charge >= 0.3 is 0 Å². The van der Waals surface area contributed by atoms with E-state index in [9.17, 15) is 20.4 Å². The first-order chi connectivity index (χ1) is 6.61. The van der Waals surface area contributed by atoms with Crippen molar-refractivity contribution >= 4 is 11.6 Å². The number of aliphatic hydroxyl groups is 4. The lowest BCUT2D eigenvalue weighted by Gasteiger charge is -2.47. The van der Waals surface area contributed by atoms with Crippen molar-refractivity contribution in [1.82, 2.24) is 4.90 Å². The van der Waals surface area contributed by atoms with Crippen LogP contribution in [0, 0.1) is 0 Å². The van der Waals surface area contributed by atoms with Gasteiger partial charge in [-0.3, -0.25) is 4.90 Å². The maximum absolute atomic E-state index is 10.00. The summed E-state index contributed by atoms with van der Waals surface area (Å²) >= 11 is 5.83. The van der Waals surface area contributed by atoms with Crippen LogP contribution in [0.3, 0.4) is 0 Å². The fourth-order valence-electron chi connectivity index (χ4n) is 1.20. The van der Waals surface area contributed by atoms with Crippen molar-refractivity contribution in [1.29, 1.82) is 0 Å². The van der Waals surface area contributed by atoms with Crippen molar-refractivity contribution in [2.24, 2.45) is 0 Å². The molecule has 0 fully saturated rings. The highest BCUT2D eigenvalue weighted by molar-refractivity contribution is 6.24. The Kier molecular flexibility index (Phi) is 4.98. The fraction of sp³-hybridized carbons (Fsp3) is 1.00. The lowest BCUT2D eigenvalue weighted by Crippen LogP contribution is -2.66. The fourth-order valence-corrected chi connectivity index (χ4v) is 1.62. The van der Waals surface area contributed by atoms with E-state index >= 15 is 0 Å². The van der Waals surface area contributed by atoms with Crippen LogP contribution in [0.5, 0.6) is 0 Å². The molecule has 4 N–H and O–H groups in total. The smallest absolute Gasteiger partial charge is 0.187 e. The van der Waals surface area contributed by atoms with Gasteiger partial charge in [-0.15, -0.1) is 0 Å². The largest absolute Gasteiger partial charge is 0.394 e. The second-order valence-electron chi connectivity index (χ2n) is 4.19. The van der Waals surface area contributed by atoms with Crippen LogP contribution in [0.15, 0.2) is 0 Å². The van der Waals surface area contributed by atoms with Crippen molar-refractivity contribution < 1.29 is 20.4 Å². The molecule has 0 aliphatic rings. The van der Waals surface area contributed by atoms with Crippen molar-refractivity contribution in [3.63, 3.8) is 0 Å². The first kappa shape index (κ1) is 15.1. The number of likely N-dealkylation sites (N-methyl/N-ethyl adjacent to an activating group) is 1. The number of nitrogens with zero attached hydrogens (tertiary/aromatic N) is 1. The van der Waals surface area contributed by atoms with Crippen molar-refractivity contribution in [3.05, 3.63) is 0 Å². The Bertz CT molecular complexity index is 210. The number of alkyl halides is 1. The molecule has 0 bridgehead atoms. The van der Waals surface area contributed by atoms with Crippen LogP contribution in [-0.2, 0) is 0 Å². The maximum Gasteiger partial charge on any atom is 0.187 e. The highest BCUT2D eigenvalue weighted by Crippen LogP contribution is 2.34. The van der Waals surface area contributed by atoms with E-state index in [0.717, 1.165) is 0 Å². The van der Waals surface area contributed by atoms with Gasteiger partial charge in [-0.1, -0.05) is 11.6 Å². The highest BCUT2D eigenvalue weighted by atomic mass is 35.5. The quantitative estimate of drug-likeness (QED) is 0.463. The second kappa shape index (κ2) is 4.95. The van der Waals surface area contributed by atoms with Gasteiger partial charge in [0.2, 0.25) is 0 Å². The molecular weight excluding hydrogens is 222 g/mol. The summed E-state index contributed by atoms with van der Waals surface area (Å²) < 4.78 is 0. The lowest BCUT2D eigenvalue weighted by molar-refractivity contribution is -0.148. The normalized spacial score (nSPS) is 24.4. The first-order valence-electron chi connectivity index (χ1n) is 4.67. The standard InChI is InChI=1S/C9H20ClNO4/c1-6(13)7(14)9(10,15)8(2,5-12)11(3)4/h6-7,12-15H,5H2,1-4H3. The van der Waals surface area contributed by atoms with Gasteiger partial charge in [0.25, 0.3) is 0 Å². The summed E-state index contributed by atoms with van der Waals surface area (Å²) in [6.07, 6.45) is -2.75. The number of hydrogen-bond donors (Lipinski definition) is 4. The zero-order chi connectivity index (χ0) is 12.4. The van der Waals surface area contributed by atoms with E-state index in [2.05, 4.69) is 0 Å². The molecule has 0 saturated carbocycles. The maximum atomic E-state index is 10.00. The average molecular weight is 242 g/mol. The van der Waals surface area contributed by atoms with Crippen molar-refractivity contribution in [2.45, 2.75) is 36.7 Å². The molecule has 6 heteroatoms. The third kappa shape index (κ3) is 2.61. The van der Waals surface area contributed by atoms with Crippen LogP contribution in [-0.4, -0.2) is 68.8 Å². The summed E-state index contributed by atoms with van der Waals surface area (Å²) in [6.45, 7) is 2.35. The van der Waals surface area contributed by atoms with Gasteiger partial charge in [-0.25, -0.2) is 0 Å². The molecule has 5 nitrogen and oxygen atoms in total. The van der Waals surface area contributed by atoms with Crippen LogP contribution in [0.4, 0.5) is 0 Å². The summed E-state index contributed by atoms with van der Waals surface area (Å²) in [5.74, 6) is 0. The second-order valence-corrected chi connectivity index (χ2v) is 4.76. The van der Waals surface area contributed by atoms with E-state index in [4.69, 9.17) is 11.6 Å². The summed E-state index contributed by atoms with van der Waals surface area (Å²) in [5, 5.41) is 35.9. The van der Waals surface area contributed by atoms with Gasteiger partial charge in [-0.05, 0) is 27.9 Å². The van der Waals surface area contributed by atoms with E-state index in [1.165, 1.54) is 18.7 Å². The third-order valence-electron chi connectivity index (χ3n) is 2.90.